The molecule has 1 amide bonds. The van der Waals surface area contributed by atoms with E-state index in [0.29, 0.717) is 6.04 Å². The van der Waals surface area contributed by atoms with Gasteiger partial charge in [0.25, 0.3) is 0 Å². The van der Waals surface area contributed by atoms with Gasteiger partial charge in [-0.25, -0.2) is 9.78 Å². The minimum atomic E-state index is -0.241. The SMILES string of the molecule is COC(=O)N1CCC(Nc2ccc(Br)cn2)CC1. The monoisotopic (exact) mass is 313 g/mol. The Bertz CT molecular complexity index is 402. The zero-order valence-corrected chi connectivity index (χ0v) is 11.8. The van der Waals surface area contributed by atoms with Gasteiger partial charge in [0.05, 0.1) is 7.11 Å². The van der Waals surface area contributed by atoms with Crippen LogP contribution >= 0.6 is 15.9 Å². The van der Waals surface area contributed by atoms with Crippen molar-refractivity contribution in [1.82, 2.24) is 9.88 Å². The summed E-state index contributed by atoms with van der Waals surface area (Å²) in [6, 6.07) is 4.26. The van der Waals surface area contributed by atoms with Crippen molar-refractivity contribution < 1.29 is 9.53 Å². The molecule has 1 fully saturated rings. The summed E-state index contributed by atoms with van der Waals surface area (Å²) in [6.45, 7) is 1.45. The highest BCUT2D eigenvalue weighted by Gasteiger charge is 2.23. The first-order chi connectivity index (χ1) is 8.69. The number of rotatable bonds is 2. The molecule has 0 spiro atoms. The van der Waals surface area contributed by atoms with Crippen molar-refractivity contribution in [2.24, 2.45) is 0 Å². The predicted octanol–water partition coefficient (Wildman–Crippen LogP) is 2.49. The lowest BCUT2D eigenvalue weighted by atomic mass is 10.1. The third-order valence-electron chi connectivity index (χ3n) is 3.01. The summed E-state index contributed by atoms with van der Waals surface area (Å²) in [5.74, 6) is 0.870. The second-order valence-electron chi connectivity index (χ2n) is 4.24. The Hall–Kier alpha value is -1.30. The number of ether oxygens (including phenoxy) is 1. The van der Waals surface area contributed by atoms with E-state index < -0.39 is 0 Å². The molecule has 0 aliphatic carbocycles. The van der Waals surface area contributed by atoms with Crippen molar-refractivity contribution in [2.45, 2.75) is 18.9 Å². The van der Waals surface area contributed by atoms with Gasteiger partial charge in [0.15, 0.2) is 0 Å². The van der Waals surface area contributed by atoms with Gasteiger partial charge in [-0.05, 0) is 40.9 Å². The van der Waals surface area contributed by atoms with Crippen LogP contribution in [0, 0.1) is 0 Å². The lowest BCUT2D eigenvalue weighted by molar-refractivity contribution is 0.113. The Morgan fingerprint density at radius 1 is 1.50 bits per heavy atom. The molecule has 6 heteroatoms. The number of aromatic nitrogens is 1. The van der Waals surface area contributed by atoms with Gasteiger partial charge >= 0.3 is 6.09 Å². The zero-order valence-electron chi connectivity index (χ0n) is 10.2. The highest BCUT2D eigenvalue weighted by atomic mass is 79.9. The van der Waals surface area contributed by atoms with Crippen LogP contribution in [0.15, 0.2) is 22.8 Å². The molecule has 2 rings (SSSR count). The Balaban J connectivity index is 1.83. The Morgan fingerprint density at radius 3 is 2.78 bits per heavy atom. The summed E-state index contributed by atoms with van der Waals surface area (Å²) in [6.07, 6.45) is 3.35. The smallest absolute Gasteiger partial charge is 0.409 e. The van der Waals surface area contributed by atoms with E-state index in [1.807, 2.05) is 12.1 Å². The molecule has 1 saturated heterocycles. The topological polar surface area (TPSA) is 54.5 Å². The second-order valence-corrected chi connectivity index (χ2v) is 5.15. The number of hydrogen-bond acceptors (Lipinski definition) is 4. The number of anilines is 1. The van der Waals surface area contributed by atoms with Crippen LogP contribution in [0.25, 0.3) is 0 Å². The fourth-order valence-electron chi connectivity index (χ4n) is 2.01. The standard InChI is InChI=1S/C12H16BrN3O2/c1-18-12(17)16-6-4-10(5-7-16)15-11-3-2-9(13)8-14-11/h2-3,8,10H,4-7H2,1H3,(H,14,15). The number of piperidine rings is 1. The van der Waals surface area contributed by atoms with Crippen LogP contribution in [0.2, 0.25) is 0 Å². The van der Waals surface area contributed by atoms with Crippen molar-refractivity contribution in [2.75, 3.05) is 25.5 Å². The maximum atomic E-state index is 11.3. The number of carbonyl (C=O) groups excluding carboxylic acids is 1. The number of amides is 1. The molecule has 0 aromatic carbocycles. The van der Waals surface area contributed by atoms with E-state index in [1.54, 1.807) is 11.1 Å². The molecule has 1 aromatic heterocycles. The van der Waals surface area contributed by atoms with E-state index in [2.05, 4.69) is 26.2 Å². The maximum absolute atomic E-state index is 11.3. The Morgan fingerprint density at radius 2 is 2.22 bits per heavy atom. The fraction of sp³-hybridized carbons (Fsp3) is 0.500. The minimum Gasteiger partial charge on any atom is -0.453 e. The quantitative estimate of drug-likeness (QED) is 0.911. The number of halogens is 1. The summed E-state index contributed by atoms with van der Waals surface area (Å²) in [7, 11) is 1.42. The van der Waals surface area contributed by atoms with E-state index in [1.165, 1.54) is 7.11 Å². The first-order valence-corrected chi connectivity index (χ1v) is 6.69. The van der Waals surface area contributed by atoms with Crippen LogP contribution in [0.3, 0.4) is 0 Å². The normalized spacial score (nSPS) is 16.4. The van der Waals surface area contributed by atoms with Crippen molar-refractivity contribution >= 4 is 27.8 Å². The third-order valence-corrected chi connectivity index (χ3v) is 3.48. The number of hydrogen-bond donors (Lipinski definition) is 1. The van der Waals surface area contributed by atoms with Gasteiger partial charge in [-0.1, -0.05) is 0 Å². The van der Waals surface area contributed by atoms with Gasteiger partial charge in [-0.15, -0.1) is 0 Å². The number of likely N-dealkylation sites (tertiary alicyclic amines) is 1. The summed E-state index contributed by atoms with van der Waals surface area (Å²) < 4.78 is 5.67. The number of carbonyl (C=O) groups is 1. The third kappa shape index (κ3) is 3.35. The second kappa shape index (κ2) is 6.04. The van der Waals surface area contributed by atoms with E-state index in [9.17, 15) is 4.79 Å². The Labute approximate surface area is 115 Å². The van der Waals surface area contributed by atoms with Crippen LogP contribution in [-0.4, -0.2) is 42.2 Å². The van der Waals surface area contributed by atoms with E-state index in [0.717, 1.165) is 36.2 Å². The van der Waals surface area contributed by atoms with Crippen LogP contribution in [0.4, 0.5) is 10.6 Å². The number of methoxy groups -OCH3 is 1. The highest BCUT2D eigenvalue weighted by Crippen LogP contribution is 2.17. The summed E-state index contributed by atoms with van der Waals surface area (Å²) in [5, 5.41) is 3.37. The van der Waals surface area contributed by atoms with Crippen LogP contribution in [0.5, 0.6) is 0 Å². The molecule has 0 bridgehead atoms. The zero-order chi connectivity index (χ0) is 13.0. The van der Waals surface area contributed by atoms with Crippen molar-refractivity contribution in [3.63, 3.8) is 0 Å². The van der Waals surface area contributed by atoms with Gasteiger partial charge in [0.1, 0.15) is 5.82 Å². The molecule has 0 radical (unpaired) electrons. The Kier molecular flexibility index (Phi) is 4.41. The summed E-state index contributed by atoms with van der Waals surface area (Å²) in [4.78, 5) is 17.3. The molecule has 0 atom stereocenters. The molecule has 1 aliphatic heterocycles. The van der Waals surface area contributed by atoms with Crippen molar-refractivity contribution in [3.05, 3.63) is 22.8 Å². The van der Waals surface area contributed by atoms with Gasteiger partial charge in [-0.3, -0.25) is 0 Å². The van der Waals surface area contributed by atoms with Crippen LogP contribution in [0.1, 0.15) is 12.8 Å². The van der Waals surface area contributed by atoms with Crippen molar-refractivity contribution in [1.29, 1.82) is 0 Å². The molecule has 1 N–H and O–H groups in total. The van der Waals surface area contributed by atoms with Crippen molar-refractivity contribution in [3.8, 4) is 0 Å². The van der Waals surface area contributed by atoms with Gasteiger partial charge in [0.2, 0.25) is 0 Å². The predicted molar refractivity (Wildman–Crippen MR) is 72.6 cm³/mol. The number of pyridine rings is 1. The first-order valence-electron chi connectivity index (χ1n) is 5.90. The molecule has 2 heterocycles. The lowest BCUT2D eigenvalue weighted by Gasteiger charge is -2.31. The lowest BCUT2D eigenvalue weighted by Crippen LogP contribution is -2.42. The van der Waals surface area contributed by atoms with Gasteiger partial charge < -0.3 is 15.0 Å². The molecule has 1 aliphatic rings. The molecule has 0 saturated carbocycles. The van der Waals surface area contributed by atoms with Crippen LogP contribution < -0.4 is 5.32 Å². The average Bonchev–Trinajstić information content (AvgIpc) is 2.41. The molecule has 1 aromatic rings. The van der Waals surface area contributed by atoms with E-state index in [4.69, 9.17) is 4.74 Å². The molecular formula is C12H16BrN3O2. The van der Waals surface area contributed by atoms with E-state index in [-0.39, 0.29) is 6.09 Å². The largest absolute Gasteiger partial charge is 0.453 e. The highest BCUT2D eigenvalue weighted by molar-refractivity contribution is 9.10. The molecule has 18 heavy (non-hydrogen) atoms. The summed E-state index contributed by atoms with van der Waals surface area (Å²) >= 11 is 3.35. The minimum absolute atomic E-state index is 0.241. The number of nitrogens with zero attached hydrogens (tertiary/aromatic N) is 2. The maximum Gasteiger partial charge on any atom is 0.409 e. The van der Waals surface area contributed by atoms with Crippen LogP contribution in [-0.2, 0) is 4.74 Å². The fourth-order valence-corrected chi connectivity index (χ4v) is 2.24. The molecule has 5 nitrogen and oxygen atoms in total. The average molecular weight is 314 g/mol. The molecular weight excluding hydrogens is 298 g/mol. The summed E-state index contributed by atoms with van der Waals surface area (Å²) in [5.41, 5.74) is 0. The first kappa shape index (κ1) is 13.1. The number of nitrogens with one attached hydrogen (secondary N) is 1. The van der Waals surface area contributed by atoms with E-state index >= 15 is 0 Å². The molecule has 98 valence electrons. The van der Waals surface area contributed by atoms with Gasteiger partial charge in [0, 0.05) is 29.8 Å². The molecule has 0 unspecified atom stereocenters. The van der Waals surface area contributed by atoms with Gasteiger partial charge in [-0.2, -0.15) is 0 Å².